The molecule has 0 aromatic carbocycles. The molecule has 0 rings (SSSR count). The summed E-state index contributed by atoms with van der Waals surface area (Å²) in [7, 11) is 1.74. The van der Waals surface area contributed by atoms with Gasteiger partial charge < -0.3 is 19.0 Å². The van der Waals surface area contributed by atoms with Gasteiger partial charge in [0.05, 0.1) is 0 Å². The Bertz CT molecular complexity index is 115. The van der Waals surface area contributed by atoms with Gasteiger partial charge in [0.1, 0.15) is 0 Å². The molecular formula is C6H17NO3Si. The summed E-state index contributed by atoms with van der Waals surface area (Å²) in [6, 6.07) is -0.498. The Morgan fingerprint density at radius 1 is 1.27 bits per heavy atom. The van der Waals surface area contributed by atoms with Gasteiger partial charge in [0.2, 0.25) is 0 Å². The zero-order valence-corrected chi connectivity index (χ0v) is 8.29. The second-order valence-electron chi connectivity index (χ2n) is 2.00. The SMILES string of the molecule is [2H]C(CCN)[Si](OC)(OC)OC. The van der Waals surface area contributed by atoms with Gasteiger partial charge in [-0.05, 0) is 13.0 Å². The quantitative estimate of drug-likeness (QED) is 0.594. The first-order valence-electron chi connectivity index (χ1n) is 4.02. The highest BCUT2D eigenvalue weighted by molar-refractivity contribution is 6.60. The van der Waals surface area contributed by atoms with E-state index in [9.17, 15) is 0 Å². The summed E-state index contributed by atoms with van der Waals surface area (Å²) in [5.74, 6) is 0. The average Bonchev–Trinajstić information content (AvgIpc) is 2.09. The predicted molar refractivity (Wildman–Crippen MR) is 45.3 cm³/mol. The third kappa shape index (κ3) is 3.30. The van der Waals surface area contributed by atoms with E-state index >= 15 is 0 Å². The zero-order valence-electron chi connectivity index (χ0n) is 8.29. The van der Waals surface area contributed by atoms with E-state index in [0.29, 0.717) is 13.0 Å². The smallest absolute Gasteiger partial charge is 0.377 e. The molecule has 1 unspecified atom stereocenters. The fourth-order valence-corrected chi connectivity index (χ4v) is 2.28. The minimum atomic E-state index is -2.76. The van der Waals surface area contributed by atoms with Gasteiger partial charge in [0, 0.05) is 28.7 Å². The molecule has 0 fully saturated rings. The van der Waals surface area contributed by atoms with Crippen LogP contribution < -0.4 is 5.73 Å². The maximum Gasteiger partial charge on any atom is 0.500 e. The lowest BCUT2D eigenvalue weighted by Crippen LogP contribution is -2.42. The van der Waals surface area contributed by atoms with Crippen molar-refractivity contribution in [2.24, 2.45) is 5.73 Å². The molecule has 0 bridgehead atoms. The molecule has 0 saturated heterocycles. The third-order valence-corrected chi connectivity index (χ3v) is 3.91. The van der Waals surface area contributed by atoms with Crippen molar-refractivity contribution >= 4 is 8.80 Å². The summed E-state index contributed by atoms with van der Waals surface area (Å²) in [5.41, 5.74) is 5.33. The van der Waals surface area contributed by atoms with Crippen LogP contribution in [0.15, 0.2) is 0 Å². The van der Waals surface area contributed by atoms with Crippen LogP contribution in [-0.2, 0) is 13.3 Å². The molecule has 0 aliphatic heterocycles. The van der Waals surface area contributed by atoms with Crippen LogP contribution in [0.5, 0.6) is 0 Å². The predicted octanol–water partition coefficient (Wildman–Crippen LogP) is 0.213. The Labute approximate surface area is 70.4 Å². The average molecular weight is 180 g/mol. The number of rotatable bonds is 6. The van der Waals surface area contributed by atoms with E-state index in [0.717, 1.165) is 0 Å². The van der Waals surface area contributed by atoms with E-state index in [1.165, 1.54) is 21.3 Å². The highest BCUT2D eigenvalue weighted by Crippen LogP contribution is 2.13. The molecule has 0 saturated carbocycles. The Morgan fingerprint density at radius 2 is 1.73 bits per heavy atom. The highest BCUT2D eigenvalue weighted by Gasteiger charge is 2.36. The van der Waals surface area contributed by atoms with Crippen LogP contribution in [0.1, 0.15) is 7.79 Å². The minimum absolute atomic E-state index is 0.443. The van der Waals surface area contributed by atoms with E-state index in [1.807, 2.05) is 0 Å². The summed E-state index contributed by atoms with van der Waals surface area (Å²) in [6.07, 6.45) is 0.530. The molecule has 0 aliphatic rings. The molecule has 11 heavy (non-hydrogen) atoms. The molecule has 5 heteroatoms. The Morgan fingerprint density at radius 3 is 2.00 bits per heavy atom. The van der Waals surface area contributed by atoms with Gasteiger partial charge in [0.25, 0.3) is 0 Å². The van der Waals surface area contributed by atoms with Crippen LogP contribution in [0.25, 0.3) is 0 Å². The lowest BCUT2D eigenvalue weighted by atomic mass is 10.5. The molecule has 0 heterocycles. The maximum absolute atomic E-state index is 7.68. The molecule has 0 spiro atoms. The molecule has 4 nitrogen and oxygen atoms in total. The van der Waals surface area contributed by atoms with E-state index in [-0.39, 0.29) is 0 Å². The van der Waals surface area contributed by atoms with Crippen molar-refractivity contribution in [3.8, 4) is 0 Å². The second kappa shape index (κ2) is 5.67. The molecule has 0 aromatic rings. The Balaban J connectivity index is 4.24. The third-order valence-electron chi connectivity index (χ3n) is 1.41. The van der Waals surface area contributed by atoms with Gasteiger partial charge in [-0.25, -0.2) is 0 Å². The molecule has 1 atom stereocenters. The lowest BCUT2D eigenvalue weighted by molar-refractivity contribution is 0.123. The van der Waals surface area contributed by atoms with Crippen LogP contribution in [0.4, 0.5) is 0 Å². The molecule has 68 valence electrons. The van der Waals surface area contributed by atoms with Gasteiger partial charge in [0.15, 0.2) is 0 Å². The van der Waals surface area contributed by atoms with Gasteiger partial charge in [-0.1, -0.05) is 0 Å². The second-order valence-corrected chi connectivity index (χ2v) is 4.84. The van der Waals surface area contributed by atoms with Crippen LogP contribution in [0.3, 0.4) is 0 Å². The maximum atomic E-state index is 7.68. The molecule has 2 N–H and O–H groups in total. The first-order chi connectivity index (χ1) is 5.66. The van der Waals surface area contributed by atoms with Crippen molar-refractivity contribution in [2.45, 2.75) is 12.4 Å². The van der Waals surface area contributed by atoms with Gasteiger partial charge in [-0.3, -0.25) is 0 Å². The van der Waals surface area contributed by atoms with Gasteiger partial charge in [-0.15, -0.1) is 0 Å². The summed E-state index contributed by atoms with van der Waals surface area (Å²) in [4.78, 5) is 0. The number of hydrogen-bond acceptors (Lipinski definition) is 4. The van der Waals surface area contributed by atoms with Crippen molar-refractivity contribution in [3.05, 3.63) is 0 Å². The van der Waals surface area contributed by atoms with Crippen LogP contribution in [0, 0.1) is 0 Å². The van der Waals surface area contributed by atoms with Gasteiger partial charge in [-0.2, -0.15) is 0 Å². The highest BCUT2D eigenvalue weighted by atomic mass is 28.4. The summed E-state index contributed by atoms with van der Waals surface area (Å²) in [6.45, 7) is 0.443. The largest absolute Gasteiger partial charge is 0.500 e. The Kier molecular flexibility index (Phi) is 4.72. The zero-order chi connectivity index (χ0) is 9.61. The molecular weight excluding hydrogens is 162 g/mol. The minimum Gasteiger partial charge on any atom is -0.377 e. The molecule has 0 aromatic heterocycles. The fourth-order valence-electron chi connectivity index (χ4n) is 0.760. The normalized spacial score (nSPS) is 16.2. The Hall–Kier alpha value is 0.0569. The van der Waals surface area contributed by atoms with Crippen molar-refractivity contribution in [1.82, 2.24) is 0 Å². The van der Waals surface area contributed by atoms with E-state index < -0.39 is 14.8 Å². The van der Waals surface area contributed by atoms with Crippen molar-refractivity contribution in [3.63, 3.8) is 0 Å². The van der Waals surface area contributed by atoms with Crippen molar-refractivity contribution in [2.75, 3.05) is 27.9 Å². The van der Waals surface area contributed by atoms with Gasteiger partial charge >= 0.3 is 8.80 Å². The molecule has 0 amide bonds. The molecule has 0 aliphatic carbocycles. The lowest BCUT2D eigenvalue weighted by Gasteiger charge is -2.23. The van der Waals surface area contributed by atoms with Crippen LogP contribution >= 0.6 is 0 Å². The first-order valence-corrected chi connectivity index (χ1v) is 5.24. The standard InChI is InChI=1S/C6H17NO3Si/c1-8-11(9-2,10-3)6-4-5-7/h4-7H2,1-3H3/i6D. The number of nitrogens with two attached hydrogens (primary N) is 1. The van der Waals surface area contributed by atoms with Crippen molar-refractivity contribution < 1.29 is 14.6 Å². The van der Waals surface area contributed by atoms with E-state index in [4.69, 9.17) is 20.4 Å². The summed E-state index contributed by atoms with van der Waals surface area (Å²) >= 11 is 0. The van der Waals surface area contributed by atoms with E-state index in [1.54, 1.807) is 0 Å². The van der Waals surface area contributed by atoms with Crippen LogP contribution in [-0.4, -0.2) is 36.7 Å². The summed E-state index contributed by atoms with van der Waals surface area (Å²) < 4.78 is 23.0. The van der Waals surface area contributed by atoms with E-state index in [2.05, 4.69) is 0 Å². The van der Waals surface area contributed by atoms with Crippen LogP contribution in [0.2, 0.25) is 6.02 Å². The molecule has 0 radical (unpaired) electrons. The topological polar surface area (TPSA) is 53.7 Å². The first kappa shape index (κ1) is 9.15. The van der Waals surface area contributed by atoms with Crippen molar-refractivity contribution in [1.29, 1.82) is 0 Å². The number of hydrogen-bond donors (Lipinski definition) is 1. The fraction of sp³-hybridized carbons (Fsp3) is 1.00. The summed E-state index contributed by atoms with van der Waals surface area (Å²) in [5, 5.41) is 0. The monoisotopic (exact) mass is 180 g/mol.